The van der Waals surface area contributed by atoms with Crippen LogP contribution in [0.4, 0.5) is 5.69 Å². The maximum Gasteiger partial charge on any atom is 0.268 e. The average molecular weight is 322 g/mol. The smallest absolute Gasteiger partial charge is 0.268 e. The number of pyridine rings is 1. The van der Waals surface area contributed by atoms with Crippen molar-refractivity contribution in [2.45, 2.75) is 13.8 Å². The molecule has 116 valence electrons. The number of nitrogens with zero attached hydrogens (tertiary/aromatic N) is 2. The maximum atomic E-state index is 12.7. The number of aromatic nitrogens is 1. The summed E-state index contributed by atoms with van der Waals surface area (Å²) in [4.78, 5) is 20.4. The summed E-state index contributed by atoms with van der Waals surface area (Å²) in [6.45, 7) is 3.99. The Morgan fingerprint density at radius 2 is 1.91 bits per heavy atom. The van der Waals surface area contributed by atoms with Crippen LogP contribution < -0.4 is 4.90 Å². The van der Waals surface area contributed by atoms with Crippen LogP contribution in [0, 0.1) is 13.8 Å². The molecule has 0 aliphatic heterocycles. The molecule has 2 heterocycles. The van der Waals surface area contributed by atoms with Crippen LogP contribution in [-0.4, -0.2) is 17.9 Å². The van der Waals surface area contributed by atoms with Gasteiger partial charge in [-0.3, -0.25) is 9.78 Å². The number of hydrogen-bond acceptors (Lipinski definition) is 3. The van der Waals surface area contributed by atoms with Crippen LogP contribution in [0.25, 0.3) is 10.4 Å². The van der Waals surface area contributed by atoms with E-state index in [2.05, 4.69) is 4.98 Å². The highest BCUT2D eigenvalue weighted by Gasteiger charge is 2.16. The summed E-state index contributed by atoms with van der Waals surface area (Å²) in [5.41, 5.74) is 4.12. The fourth-order valence-electron chi connectivity index (χ4n) is 2.43. The van der Waals surface area contributed by atoms with Crippen molar-refractivity contribution < 1.29 is 4.79 Å². The van der Waals surface area contributed by atoms with E-state index in [4.69, 9.17) is 0 Å². The molecule has 1 aromatic carbocycles. The van der Waals surface area contributed by atoms with Gasteiger partial charge in [-0.1, -0.05) is 12.1 Å². The first kappa shape index (κ1) is 15.4. The number of carbonyl (C=O) groups excluding carboxylic acids is 1. The molecule has 0 unspecified atom stereocenters. The summed E-state index contributed by atoms with van der Waals surface area (Å²) in [7, 11) is 1.81. The van der Waals surface area contributed by atoms with Gasteiger partial charge in [-0.15, -0.1) is 11.3 Å². The molecule has 1 amide bonds. The molecular formula is C19H18N2OS. The van der Waals surface area contributed by atoms with E-state index < -0.39 is 0 Å². The Morgan fingerprint density at radius 1 is 1.09 bits per heavy atom. The minimum Gasteiger partial charge on any atom is -0.311 e. The van der Waals surface area contributed by atoms with E-state index in [0.717, 1.165) is 32.3 Å². The molecule has 3 aromatic rings. The summed E-state index contributed by atoms with van der Waals surface area (Å²) < 4.78 is 0. The molecule has 2 aromatic heterocycles. The molecule has 4 heteroatoms. The molecule has 3 rings (SSSR count). The molecule has 0 saturated heterocycles. The molecule has 23 heavy (non-hydrogen) atoms. The second-order valence-corrected chi connectivity index (χ2v) is 6.64. The van der Waals surface area contributed by atoms with Gasteiger partial charge in [0.1, 0.15) is 0 Å². The van der Waals surface area contributed by atoms with Gasteiger partial charge in [0.25, 0.3) is 5.91 Å². The summed E-state index contributed by atoms with van der Waals surface area (Å²) in [5.74, 6) is 0.0117. The van der Waals surface area contributed by atoms with Crippen molar-refractivity contribution in [3.63, 3.8) is 0 Å². The van der Waals surface area contributed by atoms with E-state index in [9.17, 15) is 4.79 Å². The first-order valence-corrected chi connectivity index (χ1v) is 8.24. The monoisotopic (exact) mass is 322 g/mol. The predicted molar refractivity (Wildman–Crippen MR) is 96.2 cm³/mol. The zero-order valence-corrected chi connectivity index (χ0v) is 14.2. The van der Waals surface area contributed by atoms with E-state index in [0.29, 0.717) is 0 Å². The van der Waals surface area contributed by atoms with Crippen molar-refractivity contribution in [1.82, 2.24) is 4.98 Å². The van der Waals surface area contributed by atoms with Crippen LogP contribution in [0.3, 0.4) is 0 Å². The molecule has 0 fully saturated rings. The highest BCUT2D eigenvalue weighted by atomic mass is 32.1. The van der Waals surface area contributed by atoms with Crippen LogP contribution in [0.15, 0.2) is 54.7 Å². The Morgan fingerprint density at radius 3 is 2.65 bits per heavy atom. The standard InChI is InChI=1S/C19H18N2OS/c1-13-5-4-6-16(11-13)21(3)19(22)18-8-7-17(23-18)15-9-10-20-14(2)12-15/h4-12H,1-3H3. The summed E-state index contributed by atoms with van der Waals surface area (Å²) >= 11 is 1.51. The molecule has 0 aliphatic carbocycles. The normalized spacial score (nSPS) is 10.6. The number of amides is 1. The molecule has 0 saturated carbocycles. The zero-order valence-electron chi connectivity index (χ0n) is 13.4. The van der Waals surface area contributed by atoms with Gasteiger partial charge in [-0.05, 0) is 61.4 Å². The maximum absolute atomic E-state index is 12.7. The van der Waals surface area contributed by atoms with E-state index in [-0.39, 0.29) is 5.91 Å². The van der Waals surface area contributed by atoms with Crippen LogP contribution in [0.2, 0.25) is 0 Å². The fraction of sp³-hybridized carbons (Fsp3) is 0.158. The topological polar surface area (TPSA) is 33.2 Å². The molecule has 0 atom stereocenters. The number of anilines is 1. The van der Waals surface area contributed by atoms with Gasteiger partial charge in [0.15, 0.2) is 0 Å². The fourth-order valence-corrected chi connectivity index (χ4v) is 3.40. The Bertz CT molecular complexity index is 854. The van der Waals surface area contributed by atoms with Gasteiger partial charge < -0.3 is 4.90 Å². The van der Waals surface area contributed by atoms with Gasteiger partial charge in [0, 0.05) is 29.5 Å². The van der Waals surface area contributed by atoms with Crippen LogP contribution in [-0.2, 0) is 0 Å². The average Bonchev–Trinajstić information content (AvgIpc) is 3.03. The lowest BCUT2D eigenvalue weighted by Crippen LogP contribution is -2.25. The minimum absolute atomic E-state index is 0.0117. The van der Waals surface area contributed by atoms with Gasteiger partial charge in [0.2, 0.25) is 0 Å². The van der Waals surface area contributed by atoms with Crippen LogP contribution in [0.1, 0.15) is 20.9 Å². The van der Waals surface area contributed by atoms with E-state index >= 15 is 0 Å². The Kier molecular flexibility index (Phi) is 4.26. The lowest BCUT2D eigenvalue weighted by atomic mass is 10.2. The Hall–Kier alpha value is -2.46. The number of hydrogen-bond donors (Lipinski definition) is 0. The third-order valence-corrected chi connectivity index (χ3v) is 4.81. The minimum atomic E-state index is 0.0117. The summed E-state index contributed by atoms with van der Waals surface area (Å²) in [6, 6.07) is 15.8. The molecule has 3 nitrogen and oxygen atoms in total. The van der Waals surface area contributed by atoms with E-state index in [1.54, 1.807) is 11.1 Å². The van der Waals surface area contributed by atoms with Crippen molar-refractivity contribution in [2.75, 3.05) is 11.9 Å². The van der Waals surface area contributed by atoms with Crippen molar-refractivity contribution in [3.05, 3.63) is 70.9 Å². The van der Waals surface area contributed by atoms with Crippen LogP contribution in [0.5, 0.6) is 0 Å². The third-order valence-electron chi connectivity index (χ3n) is 3.69. The largest absolute Gasteiger partial charge is 0.311 e. The van der Waals surface area contributed by atoms with Gasteiger partial charge in [-0.2, -0.15) is 0 Å². The van der Waals surface area contributed by atoms with Crippen molar-refractivity contribution >= 4 is 22.9 Å². The third kappa shape index (κ3) is 3.32. The van der Waals surface area contributed by atoms with Crippen molar-refractivity contribution in [3.8, 4) is 10.4 Å². The van der Waals surface area contributed by atoms with Gasteiger partial charge in [0.05, 0.1) is 4.88 Å². The quantitative estimate of drug-likeness (QED) is 0.700. The molecule has 0 bridgehead atoms. The highest BCUT2D eigenvalue weighted by Crippen LogP contribution is 2.29. The van der Waals surface area contributed by atoms with E-state index in [1.807, 2.05) is 69.4 Å². The second kappa shape index (κ2) is 6.34. The predicted octanol–water partition coefficient (Wildman–Crippen LogP) is 4.70. The highest BCUT2D eigenvalue weighted by molar-refractivity contribution is 7.17. The summed E-state index contributed by atoms with van der Waals surface area (Å²) in [6.07, 6.45) is 1.80. The zero-order chi connectivity index (χ0) is 16.4. The van der Waals surface area contributed by atoms with Gasteiger partial charge in [-0.25, -0.2) is 0 Å². The second-order valence-electron chi connectivity index (χ2n) is 5.55. The Labute approximate surface area is 140 Å². The van der Waals surface area contributed by atoms with Crippen molar-refractivity contribution in [2.24, 2.45) is 0 Å². The lowest BCUT2D eigenvalue weighted by Gasteiger charge is -2.16. The number of benzene rings is 1. The number of carbonyl (C=O) groups is 1. The number of thiophene rings is 1. The van der Waals surface area contributed by atoms with E-state index in [1.165, 1.54) is 11.3 Å². The summed E-state index contributed by atoms with van der Waals surface area (Å²) in [5, 5.41) is 0. The first-order valence-electron chi connectivity index (χ1n) is 7.42. The molecule has 0 aliphatic rings. The first-order chi connectivity index (χ1) is 11.0. The molecule has 0 N–H and O–H groups in total. The van der Waals surface area contributed by atoms with Crippen molar-refractivity contribution in [1.29, 1.82) is 0 Å². The Balaban J connectivity index is 1.86. The molecular weight excluding hydrogens is 304 g/mol. The molecule has 0 spiro atoms. The number of rotatable bonds is 3. The van der Waals surface area contributed by atoms with Gasteiger partial charge >= 0.3 is 0 Å². The lowest BCUT2D eigenvalue weighted by molar-refractivity contribution is 0.0997. The number of aryl methyl sites for hydroxylation is 2. The van der Waals surface area contributed by atoms with Crippen LogP contribution >= 0.6 is 11.3 Å². The molecule has 0 radical (unpaired) electrons. The SMILES string of the molecule is Cc1cccc(N(C)C(=O)c2ccc(-c3ccnc(C)c3)s2)c1.